The predicted octanol–water partition coefficient (Wildman–Crippen LogP) is 3.58. The Labute approximate surface area is 117 Å². The van der Waals surface area contributed by atoms with E-state index in [1.807, 2.05) is 26.2 Å². The van der Waals surface area contributed by atoms with Crippen LogP contribution in [0.5, 0.6) is 0 Å². The van der Waals surface area contributed by atoms with Gasteiger partial charge < -0.3 is 10.2 Å². The zero-order valence-corrected chi connectivity index (χ0v) is 12.1. The molecule has 0 saturated carbocycles. The molecule has 0 spiro atoms. The van der Waals surface area contributed by atoms with Gasteiger partial charge in [0.1, 0.15) is 0 Å². The largest absolute Gasteiger partial charge is 0.378 e. The Morgan fingerprint density at radius 1 is 1.33 bits per heavy atom. The molecule has 0 amide bonds. The highest BCUT2D eigenvalue weighted by Crippen LogP contribution is 2.25. The third kappa shape index (κ3) is 3.05. The van der Waals surface area contributed by atoms with Crippen molar-refractivity contribution in [3.8, 4) is 0 Å². The molecule has 1 N–H and O–H groups in total. The summed E-state index contributed by atoms with van der Waals surface area (Å²) in [5.41, 5.74) is 3.05. The van der Waals surface area contributed by atoms with Crippen LogP contribution in [0, 0.1) is 0 Å². The molecule has 5 heteroatoms. The van der Waals surface area contributed by atoms with Gasteiger partial charge in [0, 0.05) is 25.5 Å². The summed E-state index contributed by atoms with van der Waals surface area (Å²) >= 11 is 5.72. The van der Waals surface area contributed by atoms with Crippen LogP contribution in [-0.2, 0) is 0 Å². The number of nitrogens with one attached hydrogen (secondary N) is 1. The minimum Gasteiger partial charge on any atom is -0.378 e. The van der Waals surface area contributed by atoms with E-state index in [4.69, 9.17) is 0 Å². The highest BCUT2D eigenvalue weighted by molar-refractivity contribution is 7.83. The SMILES string of the molecule is C=C(Nc1ncc(S)s1)c1ccc(N(C)C)cc1. The number of thiazole rings is 1. The van der Waals surface area contributed by atoms with Crippen LogP contribution in [0.2, 0.25) is 0 Å². The van der Waals surface area contributed by atoms with Crippen molar-refractivity contribution >= 4 is 40.5 Å². The average molecular weight is 277 g/mol. The number of benzene rings is 1. The molecule has 0 aliphatic rings. The van der Waals surface area contributed by atoms with E-state index in [1.165, 1.54) is 17.0 Å². The smallest absolute Gasteiger partial charge is 0.188 e. The first-order valence-electron chi connectivity index (χ1n) is 5.45. The lowest BCUT2D eigenvalue weighted by atomic mass is 10.1. The summed E-state index contributed by atoms with van der Waals surface area (Å²) in [7, 11) is 4.04. The number of nitrogens with zero attached hydrogens (tertiary/aromatic N) is 2. The first-order chi connectivity index (χ1) is 8.56. The molecule has 0 bridgehead atoms. The molecule has 0 aliphatic carbocycles. The van der Waals surface area contributed by atoms with Gasteiger partial charge in [-0.1, -0.05) is 30.0 Å². The molecule has 1 aromatic carbocycles. The third-order valence-electron chi connectivity index (χ3n) is 2.48. The van der Waals surface area contributed by atoms with Crippen LogP contribution in [0.15, 0.2) is 41.3 Å². The van der Waals surface area contributed by atoms with E-state index in [2.05, 4.69) is 46.5 Å². The van der Waals surface area contributed by atoms with Gasteiger partial charge in [0.05, 0.1) is 10.4 Å². The Balaban J connectivity index is 2.09. The number of hydrogen-bond acceptors (Lipinski definition) is 5. The van der Waals surface area contributed by atoms with Crippen molar-refractivity contribution in [2.75, 3.05) is 24.3 Å². The molecule has 2 aromatic rings. The number of aromatic nitrogens is 1. The van der Waals surface area contributed by atoms with Gasteiger partial charge in [0.2, 0.25) is 0 Å². The lowest BCUT2D eigenvalue weighted by molar-refractivity contribution is 1.13. The highest BCUT2D eigenvalue weighted by Gasteiger charge is 2.03. The number of hydrogen-bond donors (Lipinski definition) is 2. The van der Waals surface area contributed by atoms with Crippen molar-refractivity contribution in [1.29, 1.82) is 0 Å². The molecule has 1 aromatic heterocycles. The second kappa shape index (κ2) is 5.46. The summed E-state index contributed by atoms with van der Waals surface area (Å²) in [5, 5.41) is 3.99. The molecular weight excluding hydrogens is 262 g/mol. The summed E-state index contributed by atoms with van der Waals surface area (Å²) in [6.07, 6.45) is 1.72. The van der Waals surface area contributed by atoms with E-state index in [0.717, 1.165) is 20.6 Å². The molecule has 18 heavy (non-hydrogen) atoms. The molecule has 2 rings (SSSR count). The van der Waals surface area contributed by atoms with Gasteiger partial charge in [0.15, 0.2) is 5.13 Å². The zero-order valence-electron chi connectivity index (χ0n) is 10.3. The van der Waals surface area contributed by atoms with Crippen LogP contribution >= 0.6 is 24.0 Å². The lowest BCUT2D eigenvalue weighted by Gasteiger charge is -2.13. The summed E-state index contributed by atoms with van der Waals surface area (Å²) in [5.74, 6) is 0. The molecule has 0 atom stereocenters. The molecule has 0 aliphatic heterocycles. The van der Waals surface area contributed by atoms with Crippen molar-refractivity contribution in [2.45, 2.75) is 4.21 Å². The molecule has 0 saturated heterocycles. The summed E-state index contributed by atoms with van der Waals surface area (Å²) < 4.78 is 0.883. The maximum atomic E-state index is 4.23. The van der Waals surface area contributed by atoms with Gasteiger partial charge in [-0.15, -0.1) is 12.6 Å². The van der Waals surface area contributed by atoms with E-state index in [0.29, 0.717) is 0 Å². The van der Waals surface area contributed by atoms with E-state index in [1.54, 1.807) is 6.20 Å². The molecule has 0 fully saturated rings. The van der Waals surface area contributed by atoms with Crippen LogP contribution in [0.1, 0.15) is 5.56 Å². The fourth-order valence-corrected chi connectivity index (χ4v) is 2.39. The quantitative estimate of drug-likeness (QED) is 0.837. The van der Waals surface area contributed by atoms with Crippen LogP contribution < -0.4 is 10.2 Å². The topological polar surface area (TPSA) is 28.2 Å². The normalized spacial score (nSPS) is 10.2. The average Bonchev–Trinajstić information content (AvgIpc) is 2.75. The van der Waals surface area contributed by atoms with Crippen molar-refractivity contribution in [1.82, 2.24) is 4.98 Å². The van der Waals surface area contributed by atoms with Crippen molar-refractivity contribution in [3.63, 3.8) is 0 Å². The molecule has 0 radical (unpaired) electrons. The summed E-state index contributed by atoms with van der Waals surface area (Å²) in [6.45, 7) is 4.02. The zero-order chi connectivity index (χ0) is 13.1. The van der Waals surface area contributed by atoms with Crippen LogP contribution in [0.3, 0.4) is 0 Å². The first-order valence-corrected chi connectivity index (χ1v) is 6.71. The highest BCUT2D eigenvalue weighted by atomic mass is 32.2. The Kier molecular flexibility index (Phi) is 3.93. The van der Waals surface area contributed by atoms with E-state index < -0.39 is 0 Å². The summed E-state index contributed by atoms with van der Waals surface area (Å²) in [4.78, 5) is 6.25. The van der Waals surface area contributed by atoms with E-state index in [9.17, 15) is 0 Å². The van der Waals surface area contributed by atoms with Crippen LogP contribution in [0.4, 0.5) is 10.8 Å². The fourth-order valence-electron chi connectivity index (χ4n) is 1.49. The summed E-state index contributed by atoms with van der Waals surface area (Å²) in [6, 6.07) is 8.21. The van der Waals surface area contributed by atoms with Gasteiger partial charge >= 0.3 is 0 Å². The van der Waals surface area contributed by atoms with Crippen LogP contribution in [-0.4, -0.2) is 19.1 Å². The van der Waals surface area contributed by atoms with Crippen LogP contribution in [0.25, 0.3) is 5.70 Å². The van der Waals surface area contributed by atoms with Crippen molar-refractivity contribution in [2.24, 2.45) is 0 Å². The maximum Gasteiger partial charge on any atom is 0.188 e. The van der Waals surface area contributed by atoms with E-state index >= 15 is 0 Å². The molecular formula is C13H15N3S2. The number of thiol groups is 1. The van der Waals surface area contributed by atoms with Gasteiger partial charge in [0.25, 0.3) is 0 Å². The molecule has 1 heterocycles. The van der Waals surface area contributed by atoms with Gasteiger partial charge in [-0.05, 0) is 17.7 Å². The van der Waals surface area contributed by atoms with E-state index in [-0.39, 0.29) is 0 Å². The maximum absolute atomic E-state index is 4.23. The minimum atomic E-state index is 0.807. The van der Waals surface area contributed by atoms with Gasteiger partial charge in [-0.3, -0.25) is 0 Å². The molecule has 0 unspecified atom stereocenters. The van der Waals surface area contributed by atoms with Crippen molar-refractivity contribution < 1.29 is 0 Å². The fraction of sp³-hybridized carbons (Fsp3) is 0.154. The van der Waals surface area contributed by atoms with Gasteiger partial charge in [-0.2, -0.15) is 0 Å². The number of rotatable bonds is 4. The lowest BCUT2D eigenvalue weighted by Crippen LogP contribution is -2.08. The molecule has 3 nitrogen and oxygen atoms in total. The Hall–Kier alpha value is -1.46. The van der Waals surface area contributed by atoms with Gasteiger partial charge in [-0.25, -0.2) is 4.98 Å². The first kappa shape index (κ1) is 13.0. The Morgan fingerprint density at radius 2 is 2.00 bits per heavy atom. The second-order valence-electron chi connectivity index (χ2n) is 4.05. The predicted molar refractivity (Wildman–Crippen MR) is 82.8 cm³/mol. The Bertz CT molecular complexity index is 544. The number of anilines is 2. The van der Waals surface area contributed by atoms with Crippen molar-refractivity contribution in [3.05, 3.63) is 42.6 Å². The monoisotopic (exact) mass is 277 g/mol. The molecule has 94 valence electrons. The second-order valence-corrected chi connectivity index (χ2v) is 5.86. The standard InChI is InChI=1S/C13H15N3S2/c1-9(15-13-14-8-12(17)18-13)10-4-6-11(7-5-10)16(2)3/h4-8,17H,1H2,2-3H3,(H,14,15). The third-order valence-corrected chi connectivity index (χ3v) is 3.59. The minimum absolute atomic E-state index is 0.807. The Morgan fingerprint density at radius 3 is 2.50 bits per heavy atom.